The number of nitrogens with zero attached hydrogens (tertiary/aromatic N) is 2. The minimum absolute atomic E-state index is 0.274. The van der Waals surface area contributed by atoms with E-state index in [1.807, 2.05) is 25.3 Å². The molecule has 0 fully saturated rings. The Hall–Kier alpha value is -4.46. The summed E-state index contributed by atoms with van der Waals surface area (Å²) in [7, 11) is 0. The molecule has 3 heterocycles. The van der Waals surface area contributed by atoms with Crippen LogP contribution in [-0.4, -0.2) is 31.9 Å². The molecule has 3 aromatic heterocycles. The van der Waals surface area contributed by atoms with E-state index in [9.17, 15) is 9.59 Å². The molecular weight excluding hydrogens is 478 g/mol. The molecule has 0 bridgehead atoms. The zero-order valence-corrected chi connectivity index (χ0v) is 21.4. The number of unbranched alkanes of at least 4 members (excludes halogenated alkanes) is 2. The van der Waals surface area contributed by atoms with Gasteiger partial charge in [0.1, 0.15) is 17.3 Å². The Morgan fingerprint density at radius 3 is 2.66 bits per heavy atom. The highest BCUT2D eigenvalue weighted by Gasteiger charge is 2.21. The highest BCUT2D eigenvalue weighted by atomic mass is 16.3. The molecule has 0 spiro atoms. The summed E-state index contributed by atoms with van der Waals surface area (Å²) in [4.78, 5) is 32.9. The maximum absolute atomic E-state index is 13.1. The van der Waals surface area contributed by atoms with Crippen molar-refractivity contribution in [2.45, 2.75) is 51.5 Å². The van der Waals surface area contributed by atoms with E-state index in [0.29, 0.717) is 36.5 Å². The number of ketones is 1. The average Bonchev–Trinajstić information content (AvgIpc) is 3.73. The maximum atomic E-state index is 13.1. The van der Waals surface area contributed by atoms with E-state index in [-0.39, 0.29) is 23.4 Å². The number of carbonyl (C=O) groups is 2. The Morgan fingerprint density at radius 2 is 1.84 bits per heavy atom. The molecule has 194 valence electrons. The van der Waals surface area contributed by atoms with Gasteiger partial charge in [-0.25, -0.2) is 4.98 Å². The van der Waals surface area contributed by atoms with Gasteiger partial charge in [-0.05, 0) is 41.8 Å². The zero-order chi connectivity index (χ0) is 26.3. The second-order valence-electron chi connectivity index (χ2n) is 9.41. The largest absolute Gasteiger partial charge is 0.463 e. The fourth-order valence-electron chi connectivity index (χ4n) is 4.55. The first-order chi connectivity index (χ1) is 18.6. The third-order valence-electron chi connectivity index (χ3n) is 6.73. The molecule has 0 aliphatic heterocycles. The molecule has 0 saturated heterocycles. The molecule has 0 radical (unpaired) electrons. The van der Waals surface area contributed by atoms with Crippen molar-refractivity contribution in [1.82, 2.24) is 25.5 Å². The molecule has 5 aromatic rings. The van der Waals surface area contributed by atoms with Crippen molar-refractivity contribution in [3.8, 4) is 22.7 Å². The molecule has 5 rings (SSSR count). The van der Waals surface area contributed by atoms with Gasteiger partial charge in [0.2, 0.25) is 0 Å². The minimum Gasteiger partial charge on any atom is -0.463 e. The van der Waals surface area contributed by atoms with Crippen molar-refractivity contribution in [2.75, 3.05) is 0 Å². The van der Waals surface area contributed by atoms with E-state index in [2.05, 4.69) is 55.8 Å². The highest BCUT2D eigenvalue weighted by molar-refractivity contribution is 5.93. The number of hydrogen-bond acceptors (Lipinski definition) is 5. The fourth-order valence-corrected chi connectivity index (χ4v) is 4.55. The van der Waals surface area contributed by atoms with Crippen molar-refractivity contribution in [3.63, 3.8) is 0 Å². The number of benzene rings is 2. The molecule has 0 aliphatic carbocycles. The molecule has 0 aliphatic rings. The van der Waals surface area contributed by atoms with Gasteiger partial charge in [-0.15, -0.1) is 0 Å². The summed E-state index contributed by atoms with van der Waals surface area (Å²) in [5.41, 5.74) is 2.82. The van der Waals surface area contributed by atoms with Crippen LogP contribution in [0.5, 0.6) is 0 Å². The van der Waals surface area contributed by atoms with E-state index in [1.165, 1.54) is 5.39 Å². The second kappa shape index (κ2) is 11.7. The first kappa shape index (κ1) is 25.2. The summed E-state index contributed by atoms with van der Waals surface area (Å²) in [6.07, 6.45) is 7.85. The lowest BCUT2D eigenvalue weighted by molar-refractivity contribution is -0.118. The zero-order valence-electron chi connectivity index (χ0n) is 21.4. The van der Waals surface area contributed by atoms with Gasteiger partial charge in [0.05, 0.1) is 24.2 Å². The molecule has 1 atom stereocenters. The van der Waals surface area contributed by atoms with Crippen molar-refractivity contribution in [2.24, 2.45) is 0 Å². The molecule has 8 nitrogen and oxygen atoms in total. The van der Waals surface area contributed by atoms with E-state index >= 15 is 0 Å². The second-order valence-corrected chi connectivity index (χ2v) is 9.41. The van der Waals surface area contributed by atoms with Crippen LogP contribution in [0.1, 0.15) is 67.8 Å². The minimum atomic E-state index is -0.331. The number of H-pyrrole nitrogens is 2. The average molecular weight is 510 g/mol. The molecule has 3 N–H and O–H groups in total. The predicted octanol–water partition coefficient (Wildman–Crippen LogP) is 6.61. The van der Waals surface area contributed by atoms with Crippen molar-refractivity contribution < 1.29 is 14.0 Å². The first-order valence-electron chi connectivity index (χ1n) is 13.1. The Bertz CT molecular complexity index is 1520. The van der Waals surface area contributed by atoms with Crippen LogP contribution in [0.25, 0.3) is 33.5 Å². The van der Waals surface area contributed by atoms with Crippen molar-refractivity contribution >= 4 is 22.5 Å². The number of fused-ring (bicyclic) bond motifs is 1. The van der Waals surface area contributed by atoms with Crippen LogP contribution >= 0.6 is 0 Å². The van der Waals surface area contributed by atoms with Gasteiger partial charge < -0.3 is 14.7 Å². The highest BCUT2D eigenvalue weighted by Crippen LogP contribution is 2.26. The van der Waals surface area contributed by atoms with Crippen molar-refractivity contribution in [3.05, 3.63) is 84.6 Å². The SMILES string of the molecule is CCC(=O)CCCCC[C@H](NC(=O)c1cc(-c2ccco2)[nH]n1)c1ncc(-c2ccc3ccccc3c2)[nH]1. The Balaban J connectivity index is 1.32. The van der Waals surface area contributed by atoms with E-state index < -0.39 is 0 Å². The molecule has 0 saturated carbocycles. The Kier molecular flexibility index (Phi) is 7.78. The number of amides is 1. The monoisotopic (exact) mass is 509 g/mol. The number of aromatic nitrogens is 4. The van der Waals surface area contributed by atoms with Crippen LogP contribution in [0, 0.1) is 0 Å². The summed E-state index contributed by atoms with van der Waals surface area (Å²) >= 11 is 0. The summed E-state index contributed by atoms with van der Waals surface area (Å²) in [6.45, 7) is 1.89. The van der Waals surface area contributed by atoms with Crippen LogP contribution in [0.3, 0.4) is 0 Å². The Morgan fingerprint density at radius 1 is 0.974 bits per heavy atom. The molecule has 38 heavy (non-hydrogen) atoms. The third-order valence-corrected chi connectivity index (χ3v) is 6.73. The van der Waals surface area contributed by atoms with Crippen molar-refractivity contribution in [1.29, 1.82) is 0 Å². The topological polar surface area (TPSA) is 117 Å². The maximum Gasteiger partial charge on any atom is 0.272 e. The number of rotatable bonds is 12. The van der Waals surface area contributed by atoms with Gasteiger partial charge >= 0.3 is 0 Å². The van der Waals surface area contributed by atoms with Gasteiger partial charge in [-0.3, -0.25) is 14.7 Å². The van der Waals surface area contributed by atoms with Crippen LogP contribution in [0.4, 0.5) is 0 Å². The predicted molar refractivity (Wildman–Crippen MR) is 146 cm³/mol. The number of imidazole rings is 1. The van der Waals surface area contributed by atoms with E-state index in [0.717, 1.165) is 35.9 Å². The smallest absolute Gasteiger partial charge is 0.272 e. The molecule has 1 amide bonds. The van der Waals surface area contributed by atoms with E-state index in [4.69, 9.17) is 4.42 Å². The van der Waals surface area contributed by atoms with Gasteiger partial charge in [0.15, 0.2) is 11.5 Å². The lowest BCUT2D eigenvalue weighted by atomic mass is 10.0. The van der Waals surface area contributed by atoms with Crippen LogP contribution in [0.15, 0.2) is 77.5 Å². The molecule has 0 unspecified atom stereocenters. The first-order valence-corrected chi connectivity index (χ1v) is 13.1. The number of nitrogens with one attached hydrogen (secondary N) is 3. The molecule has 2 aromatic carbocycles. The van der Waals surface area contributed by atoms with Crippen LogP contribution in [0.2, 0.25) is 0 Å². The lowest BCUT2D eigenvalue weighted by Crippen LogP contribution is -2.29. The summed E-state index contributed by atoms with van der Waals surface area (Å²) < 4.78 is 5.39. The van der Waals surface area contributed by atoms with Gasteiger partial charge in [0, 0.05) is 24.5 Å². The summed E-state index contributed by atoms with van der Waals surface area (Å²) in [5.74, 6) is 1.29. The van der Waals surface area contributed by atoms with Gasteiger partial charge in [-0.1, -0.05) is 56.2 Å². The number of Topliss-reactive ketones (excluding diaryl/α,β-unsaturated/α-hetero) is 1. The number of aromatic amines is 2. The third kappa shape index (κ3) is 5.91. The summed E-state index contributed by atoms with van der Waals surface area (Å²) in [6, 6.07) is 19.4. The van der Waals surface area contributed by atoms with E-state index in [1.54, 1.807) is 24.5 Å². The number of hydrogen-bond donors (Lipinski definition) is 3. The van der Waals surface area contributed by atoms with Gasteiger partial charge in [0.25, 0.3) is 5.91 Å². The summed E-state index contributed by atoms with van der Waals surface area (Å²) in [5, 5.41) is 12.5. The fraction of sp³-hybridized carbons (Fsp3) is 0.267. The lowest BCUT2D eigenvalue weighted by Gasteiger charge is -2.16. The Labute approximate surface area is 220 Å². The van der Waals surface area contributed by atoms with Gasteiger partial charge in [-0.2, -0.15) is 5.10 Å². The van der Waals surface area contributed by atoms with Crippen LogP contribution in [-0.2, 0) is 4.79 Å². The quantitative estimate of drug-likeness (QED) is 0.164. The standard InChI is InChI=1S/C30H31N5O3/c1-2-23(36)11-4-3-5-12-24(33-30(37)26-18-25(34-35-26)28-13-8-16-38-28)29-31-19-27(32-29)22-15-14-20-9-6-7-10-21(20)17-22/h6-10,13-19,24H,2-5,11-12H2,1H3,(H,31,32)(H,33,37)(H,34,35)/t24-/m0/s1. The number of furan rings is 1. The number of carbonyl (C=O) groups excluding carboxylic acids is 2. The van der Waals surface area contributed by atoms with Crippen LogP contribution < -0.4 is 5.32 Å². The normalized spacial score (nSPS) is 12.0. The molecular formula is C30H31N5O3. The molecule has 8 heteroatoms.